The van der Waals surface area contributed by atoms with E-state index in [1.54, 1.807) is 6.33 Å². The Morgan fingerprint density at radius 3 is 3.00 bits per heavy atom. The highest BCUT2D eigenvalue weighted by Crippen LogP contribution is 2.28. The van der Waals surface area contributed by atoms with E-state index in [-0.39, 0.29) is 6.04 Å². The number of nitrogens with two attached hydrogens (primary N) is 1. The zero-order valence-electron chi connectivity index (χ0n) is 9.43. The van der Waals surface area contributed by atoms with Crippen molar-refractivity contribution in [2.45, 2.75) is 25.9 Å². The summed E-state index contributed by atoms with van der Waals surface area (Å²) in [5.41, 5.74) is 2.79. The molecular formula is C10H14ClN5S. The van der Waals surface area contributed by atoms with Gasteiger partial charge >= 0.3 is 0 Å². The van der Waals surface area contributed by atoms with E-state index in [0.29, 0.717) is 6.42 Å². The fourth-order valence-electron chi connectivity index (χ4n) is 1.65. The van der Waals surface area contributed by atoms with Crippen LogP contribution in [0.15, 0.2) is 18.5 Å². The van der Waals surface area contributed by atoms with E-state index >= 15 is 0 Å². The van der Waals surface area contributed by atoms with Crippen molar-refractivity contribution < 1.29 is 0 Å². The zero-order valence-corrected chi connectivity index (χ0v) is 11.0. The lowest BCUT2D eigenvalue weighted by molar-refractivity contribution is 0.516. The van der Waals surface area contributed by atoms with Crippen LogP contribution in [0.25, 0.3) is 0 Å². The molecule has 92 valence electrons. The van der Waals surface area contributed by atoms with E-state index in [2.05, 4.69) is 15.5 Å². The molecule has 0 saturated heterocycles. The lowest BCUT2D eigenvalue weighted by Gasteiger charge is -2.13. The molecular weight excluding hydrogens is 258 g/mol. The normalized spacial score (nSPS) is 12.9. The fourth-order valence-corrected chi connectivity index (χ4v) is 2.77. The molecule has 3 N–H and O–H groups in total. The lowest BCUT2D eigenvalue weighted by Crippen LogP contribution is -2.29. The first-order valence-electron chi connectivity index (χ1n) is 5.32. The Balaban J connectivity index is 2.15. The lowest BCUT2D eigenvalue weighted by atomic mass is 10.2. The summed E-state index contributed by atoms with van der Waals surface area (Å²) in [6.07, 6.45) is 2.26. The van der Waals surface area contributed by atoms with Crippen molar-refractivity contribution >= 4 is 22.9 Å². The van der Waals surface area contributed by atoms with Crippen molar-refractivity contribution in [1.82, 2.24) is 20.2 Å². The molecule has 0 aliphatic rings. The summed E-state index contributed by atoms with van der Waals surface area (Å²) in [6, 6.07) is 3.86. The highest BCUT2D eigenvalue weighted by atomic mass is 35.5. The molecule has 5 nitrogen and oxygen atoms in total. The van der Waals surface area contributed by atoms with Crippen LogP contribution in [0.1, 0.15) is 23.7 Å². The first kappa shape index (κ1) is 12.5. The second-order valence-corrected chi connectivity index (χ2v) is 5.30. The summed E-state index contributed by atoms with van der Waals surface area (Å²) in [5.74, 6) is 6.49. The summed E-state index contributed by atoms with van der Waals surface area (Å²) >= 11 is 7.44. The summed E-state index contributed by atoms with van der Waals surface area (Å²) in [6.45, 7) is 2.84. The average Bonchev–Trinajstić information content (AvgIpc) is 2.94. The predicted molar refractivity (Wildman–Crippen MR) is 68.8 cm³/mol. The SMILES string of the molecule is CCn1ncnc1CC(NN)c1ccc(Cl)s1. The minimum atomic E-state index is 0.0157. The van der Waals surface area contributed by atoms with Gasteiger partial charge in [0.2, 0.25) is 0 Å². The van der Waals surface area contributed by atoms with Crippen molar-refractivity contribution in [2.24, 2.45) is 5.84 Å². The van der Waals surface area contributed by atoms with E-state index in [1.807, 2.05) is 23.7 Å². The summed E-state index contributed by atoms with van der Waals surface area (Å²) < 4.78 is 2.62. The largest absolute Gasteiger partial charge is 0.271 e. The molecule has 0 amide bonds. The minimum Gasteiger partial charge on any atom is -0.271 e. The van der Waals surface area contributed by atoms with Crippen LogP contribution in [-0.4, -0.2) is 14.8 Å². The monoisotopic (exact) mass is 271 g/mol. The van der Waals surface area contributed by atoms with Crippen LogP contribution >= 0.6 is 22.9 Å². The van der Waals surface area contributed by atoms with Gasteiger partial charge in [-0.15, -0.1) is 11.3 Å². The molecule has 1 unspecified atom stereocenters. The van der Waals surface area contributed by atoms with Crippen LogP contribution in [0.4, 0.5) is 0 Å². The van der Waals surface area contributed by atoms with E-state index < -0.39 is 0 Å². The van der Waals surface area contributed by atoms with Crippen molar-refractivity contribution in [3.8, 4) is 0 Å². The van der Waals surface area contributed by atoms with Crippen LogP contribution in [0.5, 0.6) is 0 Å². The molecule has 0 saturated carbocycles. The van der Waals surface area contributed by atoms with Crippen molar-refractivity contribution in [3.63, 3.8) is 0 Å². The van der Waals surface area contributed by atoms with Gasteiger partial charge in [-0.3, -0.25) is 16.0 Å². The van der Waals surface area contributed by atoms with E-state index in [4.69, 9.17) is 17.4 Å². The number of thiophene rings is 1. The maximum Gasteiger partial charge on any atom is 0.138 e. The number of aromatic nitrogens is 3. The molecule has 0 bridgehead atoms. The van der Waals surface area contributed by atoms with E-state index in [0.717, 1.165) is 21.6 Å². The van der Waals surface area contributed by atoms with Crippen LogP contribution in [0.2, 0.25) is 4.34 Å². The van der Waals surface area contributed by atoms with Crippen LogP contribution in [0.3, 0.4) is 0 Å². The molecule has 2 heterocycles. The average molecular weight is 272 g/mol. The zero-order chi connectivity index (χ0) is 12.3. The Morgan fingerprint density at radius 1 is 1.59 bits per heavy atom. The maximum absolute atomic E-state index is 5.92. The molecule has 0 spiro atoms. The molecule has 17 heavy (non-hydrogen) atoms. The van der Waals surface area contributed by atoms with Gasteiger partial charge in [-0.2, -0.15) is 5.10 Å². The Bertz CT molecular complexity index is 481. The maximum atomic E-state index is 5.92. The Kier molecular flexibility index (Phi) is 4.11. The highest BCUT2D eigenvalue weighted by Gasteiger charge is 2.16. The number of nitrogens with one attached hydrogen (secondary N) is 1. The van der Waals surface area contributed by atoms with Crippen molar-refractivity contribution in [2.75, 3.05) is 0 Å². The smallest absolute Gasteiger partial charge is 0.138 e. The van der Waals surface area contributed by atoms with Crippen LogP contribution in [0, 0.1) is 0 Å². The standard InChI is InChI=1S/C10H14ClN5S/c1-2-16-10(13-6-14-16)5-7(15-12)8-3-4-9(11)17-8/h3-4,6-7,15H,2,5,12H2,1H3. The third-order valence-electron chi connectivity index (χ3n) is 2.52. The van der Waals surface area contributed by atoms with Gasteiger partial charge in [0.15, 0.2) is 0 Å². The predicted octanol–water partition coefficient (Wildman–Crippen LogP) is 1.76. The number of hydrazine groups is 1. The number of hydrogen-bond acceptors (Lipinski definition) is 5. The molecule has 0 aromatic carbocycles. The Morgan fingerprint density at radius 2 is 2.41 bits per heavy atom. The van der Waals surface area contributed by atoms with E-state index in [9.17, 15) is 0 Å². The van der Waals surface area contributed by atoms with Crippen molar-refractivity contribution in [3.05, 3.63) is 33.5 Å². The van der Waals surface area contributed by atoms with Gasteiger partial charge in [-0.25, -0.2) is 4.98 Å². The van der Waals surface area contributed by atoms with Crippen LogP contribution in [-0.2, 0) is 13.0 Å². The fraction of sp³-hybridized carbons (Fsp3) is 0.400. The minimum absolute atomic E-state index is 0.0157. The third kappa shape index (κ3) is 2.84. The molecule has 0 fully saturated rings. The van der Waals surface area contributed by atoms with Gasteiger partial charge < -0.3 is 0 Å². The highest BCUT2D eigenvalue weighted by molar-refractivity contribution is 7.16. The number of nitrogens with zero attached hydrogens (tertiary/aromatic N) is 3. The summed E-state index contributed by atoms with van der Waals surface area (Å²) in [4.78, 5) is 5.34. The topological polar surface area (TPSA) is 68.8 Å². The number of aryl methyl sites for hydroxylation is 1. The van der Waals surface area contributed by atoms with E-state index in [1.165, 1.54) is 11.3 Å². The molecule has 2 aromatic heterocycles. The molecule has 2 aromatic rings. The van der Waals surface area contributed by atoms with Gasteiger partial charge in [0.25, 0.3) is 0 Å². The summed E-state index contributed by atoms with van der Waals surface area (Å²) in [5, 5.41) is 4.14. The molecule has 1 atom stereocenters. The molecule has 0 radical (unpaired) electrons. The first-order valence-corrected chi connectivity index (χ1v) is 6.52. The molecule has 2 rings (SSSR count). The van der Waals surface area contributed by atoms with Gasteiger partial charge in [-0.1, -0.05) is 11.6 Å². The Labute approximate surface area is 109 Å². The van der Waals surface area contributed by atoms with Gasteiger partial charge in [0.05, 0.1) is 10.4 Å². The number of halogens is 1. The van der Waals surface area contributed by atoms with Crippen molar-refractivity contribution in [1.29, 1.82) is 0 Å². The van der Waals surface area contributed by atoms with Gasteiger partial charge in [0, 0.05) is 17.8 Å². The molecule has 0 aliphatic heterocycles. The van der Waals surface area contributed by atoms with Gasteiger partial charge in [-0.05, 0) is 19.1 Å². The quantitative estimate of drug-likeness (QED) is 0.642. The second-order valence-electron chi connectivity index (χ2n) is 3.56. The number of rotatable bonds is 5. The first-order chi connectivity index (χ1) is 8.24. The summed E-state index contributed by atoms with van der Waals surface area (Å²) in [7, 11) is 0. The Hall–Kier alpha value is -0.950. The van der Waals surface area contributed by atoms with Gasteiger partial charge in [0.1, 0.15) is 12.2 Å². The number of hydrogen-bond donors (Lipinski definition) is 2. The second kappa shape index (κ2) is 5.59. The molecule has 0 aliphatic carbocycles. The van der Waals surface area contributed by atoms with Crippen LogP contribution < -0.4 is 11.3 Å². The third-order valence-corrected chi connectivity index (χ3v) is 3.87. The molecule has 7 heteroatoms.